The zero-order valence-electron chi connectivity index (χ0n) is 26.2. The molecule has 0 fully saturated rings. The Kier molecular flexibility index (Phi) is 9.58. The summed E-state index contributed by atoms with van der Waals surface area (Å²) in [5.74, 6) is 0. The smallest absolute Gasteiger partial charge is 0.0689 e. The molecule has 0 saturated heterocycles. The second-order valence-corrected chi connectivity index (χ2v) is 11.3. The van der Waals surface area contributed by atoms with Gasteiger partial charge in [0.25, 0.3) is 0 Å². The fourth-order valence-electron chi connectivity index (χ4n) is 6.40. The second-order valence-electron chi connectivity index (χ2n) is 11.3. The van der Waals surface area contributed by atoms with Crippen molar-refractivity contribution in [2.24, 2.45) is 0 Å². The largest absolute Gasteiger partial charge is 0.835 e. The van der Waals surface area contributed by atoms with E-state index in [0.29, 0.717) is 0 Å². The minimum absolute atomic E-state index is 0. The van der Waals surface area contributed by atoms with Gasteiger partial charge in [0.05, 0.1) is 11.4 Å². The van der Waals surface area contributed by atoms with Crippen LogP contribution >= 0.6 is 0 Å². The average Bonchev–Trinajstić information content (AvgIpc) is 3.98. The van der Waals surface area contributed by atoms with Crippen LogP contribution in [0.25, 0.3) is 76.8 Å². The quantitative estimate of drug-likeness (QED) is 0.163. The van der Waals surface area contributed by atoms with E-state index >= 15 is 0 Å². The molecule has 10 rings (SSSR count). The Labute approximate surface area is 317 Å². The normalized spacial score (nSPS) is 13.2. The standard InChI is InChI=1S/2C20H13N4.2Pt/c2*1-2-10-22-17(8-1)16-7-3-5-14-15-6-4-9-18(20(15)23-19(14)16)24-12-11-21-13-24;;/h2*1-13H;;/q2*-3;;. The number of benzene rings is 4. The molecule has 6 heterocycles. The number of hydrogen-bond acceptors (Lipinski definition) is 4. The van der Waals surface area contributed by atoms with Crippen LogP contribution < -0.4 is 19.8 Å². The van der Waals surface area contributed by atoms with Crippen molar-refractivity contribution in [1.29, 1.82) is 0 Å². The van der Waals surface area contributed by atoms with Crippen molar-refractivity contribution < 1.29 is 42.1 Å². The summed E-state index contributed by atoms with van der Waals surface area (Å²) in [6.07, 6.45) is 11.1. The second kappa shape index (κ2) is 14.4. The average molecular weight is 1010 g/mol. The summed E-state index contributed by atoms with van der Waals surface area (Å²) in [7, 11) is 0. The Morgan fingerprint density at radius 2 is 0.860 bits per heavy atom. The predicted octanol–water partition coefficient (Wildman–Crippen LogP) is 9.59. The number of para-hydroxylation sites is 4. The molecule has 0 bridgehead atoms. The molecule has 0 unspecified atom stereocenters. The molecule has 8 nitrogen and oxygen atoms in total. The molecule has 2 aliphatic rings. The van der Waals surface area contributed by atoms with Crippen molar-refractivity contribution in [1.82, 2.24) is 19.9 Å². The zero-order valence-corrected chi connectivity index (χ0v) is 30.8. The van der Waals surface area contributed by atoms with Crippen LogP contribution in [-0.2, 0) is 42.1 Å². The van der Waals surface area contributed by atoms with Gasteiger partial charge < -0.3 is 43.7 Å². The Morgan fingerprint density at radius 1 is 0.440 bits per heavy atom. The maximum Gasteiger partial charge on any atom is 0.0689 e. The van der Waals surface area contributed by atoms with E-state index in [1.54, 1.807) is 25.7 Å². The molecule has 50 heavy (non-hydrogen) atoms. The first-order chi connectivity index (χ1) is 23.8. The van der Waals surface area contributed by atoms with Gasteiger partial charge in [0.1, 0.15) is 0 Å². The van der Waals surface area contributed by atoms with Gasteiger partial charge in [-0.2, -0.15) is 12.4 Å². The van der Waals surface area contributed by atoms with Crippen molar-refractivity contribution in [2.75, 3.05) is 9.80 Å². The third-order valence-electron chi connectivity index (χ3n) is 8.58. The van der Waals surface area contributed by atoms with Gasteiger partial charge in [-0.1, -0.05) is 85.2 Å². The van der Waals surface area contributed by atoms with Crippen LogP contribution in [-0.4, -0.2) is 9.97 Å². The van der Waals surface area contributed by atoms with Crippen molar-refractivity contribution in [3.05, 3.63) is 170 Å². The van der Waals surface area contributed by atoms with Crippen LogP contribution in [0.3, 0.4) is 0 Å². The van der Waals surface area contributed by atoms with Gasteiger partial charge in [0, 0.05) is 54.5 Å². The number of pyridine rings is 2. The minimum atomic E-state index is 0. The molecule has 0 radical (unpaired) electrons. The molecule has 0 saturated carbocycles. The monoisotopic (exact) mass is 1010 g/mol. The molecular formula is C40H26N8Pt2-6. The zero-order chi connectivity index (χ0) is 31.9. The maximum atomic E-state index is 4.96. The predicted molar refractivity (Wildman–Crippen MR) is 195 cm³/mol. The van der Waals surface area contributed by atoms with E-state index in [0.717, 1.165) is 77.5 Å². The summed E-state index contributed by atoms with van der Waals surface area (Å²) in [6, 6.07) is 36.9. The van der Waals surface area contributed by atoms with E-state index < -0.39 is 0 Å². The van der Waals surface area contributed by atoms with E-state index in [1.807, 2.05) is 71.0 Å². The Hall–Kier alpha value is -5.16. The molecule has 4 aromatic heterocycles. The van der Waals surface area contributed by atoms with E-state index in [-0.39, 0.29) is 42.1 Å². The maximum absolute atomic E-state index is 4.96. The molecule has 0 atom stereocenters. The first-order valence-corrected chi connectivity index (χ1v) is 15.6. The molecule has 10 heteroatoms. The topological polar surface area (TPSA) is 88.7 Å². The van der Waals surface area contributed by atoms with E-state index in [4.69, 9.17) is 9.97 Å². The van der Waals surface area contributed by atoms with Gasteiger partial charge in [-0.3, -0.25) is 9.97 Å². The summed E-state index contributed by atoms with van der Waals surface area (Å²) in [6.45, 7) is 3.60. The summed E-state index contributed by atoms with van der Waals surface area (Å²) in [4.78, 5) is 22.9. The number of aromatic nitrogens is 4. The van der Waals surface area contributed by atoms with E-state index in [9.17, 15) is 0 Å². The molecule has 0 N–H and O–H groups in total. The summed E-state index contributed by atoms with van der Waals surface area (Å²) >= 11 is 0. The van der Waals surface area contributed by atoms with Gasteiger partial charge in [-0.25, -0.2) is 0 Å². The van der Waals surface area contributed by atoms with Crippen LogP contribution in [0.4, 0.5) is 11.4 Å². The van der Waals surface area contributed by atoms with Crippen molar-refractivity contribution in [2.45, 2.75) is 0 Å². The summed E-state index contributed by atoms with van der Waals surface area (Å²) in [5, 5.41) is 12.9. The molecule has 0 aliphatic carbocycles. The first-order valence-electron chi connectivity index (χ1n) is 15.6. The van der Waals surface area contributed by atoms with Gasteiger partial charge in [0.2, 0.25) is 0 Å². The molecule has 2 aliphatic heterocycles. The van der Waals surface area contributed by atoms with Crippen LogP contribution in [0.15, 0.2) is 146 Å². The molecular weight excluding hydrogens is 983 g/mol. The van der Waals surface area contributed by atoms with Gasteiger partial charge in [0.15, 0.2) is 0 Å². The van der Waals surface area contributed by atoms with Crippen molar-refractivity contribution in [3.63, 3.8) is 0 Å². The molecule has 4 aromatic carbocycles. The number of fused-ring (bicyclic) bond motifs is 6. The van der Waals surface area contributed by atoms with Crippen LogP contribution in [0.1, 0.15) is 0 Å². The minimum Gasteiger partial charge on any atom is -0.835 e. The van der Waals surface area contributed by atoms with Crippen molar-refractivity contribution >= 4 is 55.0 Å². The number of nitrogens with zero attached hydrogens (tertiary/aromatic N) is 8. The third kappa shape index (κ3) is 5.89. The van der Waals surface area contributed by atoms with Gasteiger partial charge >= 0.3 is 0 Å². The van der Waals surface area contributed by atoms with E-state index in [2.05, 4.69) is 93.4 Å². The van der Waals surface area contributed by atoms with E-state index in [1.165, 1.54) is 0 Å². The number of anilines is 2. The first kappa shape index (κ1) is 33.3. The fourth-order valence-corrected chi connectivity index (χ4v) is 6.40. The Bertz CT molecular complexity index is 2310. The SMILES string of the molecule is C1=CN(c2cccc3c2[n-]c2c(-c4ccccn4)cccc23)[CH-][N-]1.C1=CN(c2cccc3c2[n-]c2c(-c4ccccn4)cccc23)[CH-][N-]1.[Pt].[Pt]. The molecule has 0 spiro atoms. The van der Waals surface area contributed by atoms with Crippen LogP contribution in [0, 0.1) is 13.3 Å². The number of hydrogen-bond donors (Lipinski definition) is 0. The molecule has 0 amide bonds. The van der Waals surface area contributed by atoms with Crippen LogP contribution in [0.5, 0.6) is 0 Å². The fraction of sp³-hybridized carbons (Fsp3) is 0. The third-order valence-corrected chi connectivity index (χ3v) is 8.58. The van der Waals surface area contributed by atoms with Gasteiger partial charge in [-0.05, 0) is 80.4 Å². The molecule has 8 aromatic rings. The summed E-state index contributed by atoms with van der Waals surface area (Å²) < 4.78 is 0. The molecule has 252 valence electrons. The van der Waals surface area contributed by atoms with Crippen LogP contribution in [0.2, 0.25) is 0 Å². The number of rotatable bonds is 4. The summed E-state index contributed by atoms with van der Waals surface area (Å²) in [5.41, 5.74) is 9.99. The Morgan fingerprint density at radius 3 is 1.24 bits per heavy atom. The van der Waals surface area contributed by atoms with Gasteiger partial charge in [-0.15, -0.1) is 22.1 Å². The Balaban J connectivity index is 0.000000151. The van der Waals surface area contributed by atoms with Crippen molar-refractivity contribution in [3.8, 4) is 22.5 Å².